The lowest BCUT2D eigenvalue weighted by Crippen LogP contribution is -2.45. The highest BCUT2D eigenvalue weighted by Crippen LogP contribution is 2.44. The molecule has 1 aromatic heterocycles. The molecule has 2 nitrogen and oxygen atoms in total. The van der Waals surface area contributed by atoms with E-state index < -0.39 is 0 Å². The fourth-order valence-electron chi connectivity index (χ4n) is 3.63. The molecule has 0 bridgehead atoms. The zero-order valence-electron chi connectivity index (χ0n) is 12.3. The Morgan fingerprint density at radius 1 is 1.45 bits per heavy atom. The highest BCUT2D eigenvalue weighted by molar-refractivity contribution is 7.99. The van der Waals surface area contributed by atoms with Crippen LogP contribution in [0.15, 0.2) is 17.5 Å². The Bertz CT molecular complexity index is 395. The molecule has 20 heavy (non-hydrogen) atoms. The molecular formula is C16H25NOS2. The lowest BCUT2D eigenvalue weighted by Gasteiger charge is -2.45. The van der Waals surface area contributed by atoms with Crippen LogP contribution in [0.4, 0.5) is 0 Å². The Labute approximate surface area is 130 Å². The standard InChI is InChI=1S/C16H25NOS2/c1-2-17-15(14-4-3-9-20-14)13-5-8-18-16(12-13)6-10-19-11-7-16/h3-4,9,13,15,17H,2,5-8,10-12H2,1H3. The molecule has 0 radical (unpaired) electrons. The molecule has 0 aromatic carbocycles. The maximum Gasteiger partial charge on any atom is 0.0701 e. The van der Waals surface area contributed by atoms with E-state index in [1.807, 2.05) is 11.3 Å². The van der Waals surface area contributed by atoms with Gasteiger partial charge in [-0.25, -0.2) is 0 Å². The molecule has 0 saturated carbocycles. The summed E-state index contributed by atoms with van der Waals surface area (Å²) in [7, 11) is 0. The summed E-state index contributed by atoms with van der Waals surface area (Å²) in [5.74, 6) is 3.28. The number of hydrogen-bond donors (Lipinski definition) is 1. The molecule has 1 spiro atoms. The minimum atomic E-state index is 0.194. The van der Waals surface area contributed by atoms with Crippen molar-refractivity contribution in [1.82, 2.24) is 5.32 Å². The third kappa shape index (κ3) is 3.24. The second kappa shape index (κ2) is 6.82. The summed E-state index contributed by atoms with van der Waals surface area (Å²) in [5, 5.41) is 5.93. The van der Waals surface area contributed by atoms with Gasteiger partial charge in [0.25, 0.3) is 0 Å². The van der Waals surface area contributed by atoms with E-state index in [1.54, 1.807) is 0 Å². The second-order valence-corrected chi connectivity index (χ2v) is 8.15. The van der Waals surface area contributed by atoms with Crippen molar-refractivity contribution in [3.8, 4) is 0 Å². The molecule has 3 rings (SSSR count). The van der Waals surface area contributed by atoms with E-state index in [4.69, 9.17) is 4.74 Å². The first-order valence-corrected chi connectivity index (χ1v) is 9.85. The molecule has 2 fully saturated rings. The first-order valence-electron chi connectivity index (χ1n) is 7.81. The van der Waals surface area contributed by atoms with Gasteiger partial charge in [0.1, 0.15) is 0 Å². The summed E-state index contributed by atoms with van der Waals surface area (Å²) >= 11 is 3.98. The highest BCUT2D eigenvalue weighted by atomic mass is 32.2. The van der Waals surface area contributed by atoms with E-state index in [9.17, 15) is 0 Å². The molecule has 0 amide bonds. The van der Waals surface area contributed by atoms with E-state index >= 15 is 0 Å². The fourth-order valence-corrected chi connectivity index (χ4v) is 5.76. The number of ether oxygens (including phenoxy) is 1. The SMILES string of the molecule is CCNC(c1cccs1)C1CCOC2(CCSCC2)C1. The van der Waals surface area contributed by atoms with E-state index in [1.165, 1.54) is 42.1 Å². The van der Waals surface area contributed by atoms with Crippen LogP contribution in [0.25, 0.3) is 0 Å². The third-order valence-corrected chi connectivity index (χ3v) is 6.62. The van der Waals surface area contributed by atoms with Gasteiger partial charge in [-0.1, -0.05) is 13.0 Å². The first kappa shape index (κ1) is 14.9. The Balaban J connectivity index is 1.73. The second-order valence-electron chi connectivity index (χ2n) is 5.95. The van der Waals surface area contributed by atoms with Crippen molar-refractivity contribution in [3.63, 3.8) is 0 Å². The summed E-state index contributed by atoms with van der Waals surface area (Å²) in [6.07, 6.45) is 4.93. The monoisotopic (exact) mass is 311 g/mol. The van der Waals surface area contributed by atoms with Crippen molar-refractivity contribution in [1.29, 1.82) is 0 Å². The summed E-state index contributed by atoms with van der Waals surface area (Å²) in [6.45, 7) is 4.21. The van der Waals surface area contributed by atoms with Crippen LogP contribution in [-0.4, -0.2) is 30.3 Å². The average Bonchev–Trinajstić information content (AvgIpc) is 2.99. The van der Waals surface area contributed by atoms with Gasteiger partial charge in [0.05, 0.1) is 5.60 Å². The van der Waals surface area contributed by atoms with Crippen LogP contribution >= 0.6 is 23.1 Å². The number of thioether (sulfide) groups is 1. The van der Waals surface area contributed by atoms with Crippen molar-refractivity contribution in [3.05, 3.63) is 22.4 Å². The van der Waals surface area contributed by atoms with Gasteiger partial charge in [-0.3, -0.25) is 0 Å². The first-order chi connectivity index (χ1) is 9.83. The highest BCUT2D eigenvalue weighted by Gasteiger charge is 2.41. The van der Waals surface area contributed by atoms with E-state index in [2.05, 4.69) is 41.5 Å². The van der Waals surface area contributed by atoms with E-state index in [-0.39, 0.29) is 5.60 Å². The Morgan fingerprint density at radius 2 is 2.30 bits per heavy atom. The van der Waals surface area contributed by atoms with Crippen LogP contribution in [0.3, 0.4) is 0 Å². The minimum Gasteiger partial charge on any atom is -0.375 e. The molecule has 2 unspecified atom stereocenters. The zero-order valence-corrected chi connectivity index (χ0v) is 13.9. The molecule has 4 heteroatoms. The van der Waals surface area contributed by atoms with E-state index in [0.717, 1.165) is 19.1 Å². The molecule has 0 aliphatic carbocycles. The Morgan fingerprint density at radius 3 is 3.00 bits per heavy atom. The molecule has 112 valence electrons. The normalized spacial score (nSPS) is 27.6. The van der Waals surface area contributed by atoms with Gasteiger partial charge in [-0.15, -0.1) is 11.3 Å². The molecule has 2 atom stereocenters. The van der Waals surface area contributed by atoms with Crippen LogP contribution in [0.5, 0.6) is 0 Å². The number of hydrogen-bond acceptors (Lipinski definition) is 4. The van der Waals surface area contributed by atoms with E-state index in [0.29, 0.717) is 6.04 Å². The average molecular weight is 312 g/mol. The molecule has 1 aromatic rings. The Kier molecular flexibility index (Phi) is 5.08. The van der Waals surface area contributed by atoms with Crippen LogP contribution in [0.2, 0.25) is 0 Å². The van der Waals surface area contributed by atoms with Crippen molar-refractivity contribution < 1.29 is 4.74 Å². The van der Waals surface area contributed by atoms with Gasteiger partial charge in [0.2, 0.25) is 0 Å². The van der Waals surface area contributed by atoms with Gasteiger partial charge in [0, 0.05) is 17.5 Å². The summed E-state index contributed by atoms with van der Waals surface area (Å²) in [5.41, 5.74) is 0.194. The smallest absolute Gasteiger partial charge is 0.0701 e. The van der Waals surface area contributed by atoms with Crippen molar-refractivity contribution in [2.75, 3.05) is 24.7 Å². The van der Waals surface area contributed by atoms with Crippen molar-refractivity contribution in [2.45, 2.75) is 44.2 Å². The number of nitrogens with one attached hydrogen (secondary N) is 1. The number of rotatable bonds is 4. The lowest BCUT2D eigenvalue weighted by atomic mass is 9.78. The molecular weight excluding hydrogens is 286 g/mol. The molecule has 1 N–H and O–H groups in total. The van der Waals surface area contributed by atoms with Gasteiger partial charge in [-0.2, -0.15) is 11.8 Å². The van der Waals surface area contributed by atoms with Crippen molar-refractivity contribution in [2.24, 2.45) is 5.92 Å². The summed E-state index contributed by atoms with van der Waals surface area (Å²) < 4.78 is 6.24. The van der Waals surface area contributed by atoms with Crippen LogP contribution < -0.4 is 5.32 Å². The van der Waals surface area contributed by atoms with Crippen LogP contribution in [-0.2, 0) is 4.74 Å². The molecule has 2 aliphatic heterocycles. The molecule has 2 aliphatic rings. The summed E-state index contributed by atoms with van der Waals surface area (Å²) in [4.78, 5) is 1.50. The van der Waals surface area contributed by atoms with Gasteiger partial charge in [-0.05, 0) is 61.1 Å². The fraction of sp³-hybridized carbons (Fsp3) is 0.750. The number of thiophene rings is 1. The maximum atomic E-state index is 6.24. The Hall–Kier alpha value is -0.0300. The summed E-state index contributed by atoms with van der Waals surface area (Å²) in [6, 6.07) is 4.99. The third-order valence-electron chi connectivity index (χ3n) is 4.68. The maximum absolute atomic E-state index is 6.24. The zero-order chi connectivity index (χ0) is 13.8. The topological polar surface area (TPSA) is 21.3 Å². The molecule has 3 heterocycles. The minimum absolute atomic E-state index is 0.194. The van der Waals surface area contributed by atoms with Gasteiger partial charge >= 0.3 is 0 Å². The van der Waals surface area contributed by atoms with Gasteiger partial charge < -0.3 is 10.1 Å². The van der Waals surface area contributed by atoms with Gasteiger partial charge in [0.15, 0.2) is 0 Å². The predicted octanol–water partition coefficient (Wildman–Crippen LogP) is 4.09. The molecule has 2 saturated heterocycles. The largest absolute Gasteiger partial charge is 0.375 e. The lowest BCUT2D eigenvalue weighted by molar-refractivity contribution is -0.107. The van der Waals surface area contributed by atoms with Crippen LogP contribution in [0.1, 0.15) is 43.5 Å². The van der Waals surface area contributed by atoms with Crippen LogP contribution in [0, 0.1) is 5.92 Å². The quantitative estimate of drug-likeness (QED) is 0.905. The van der Waals surface area contributed by atoms with Crippen molar-refractivity contribution >= 4 is 23.1 Å². The predicted molar refractivity (Wildman–Crippen MR) is 88.7 cm³/mol.